The molecule has 1 saturated carbocycles. The van der Waals surface area contributed by atoms with E-state index < -0.39 is 35.9 Å². The largest absolute Gasteiger partial charge is 0.368 e. The number of alkyl halides is 2. The molecule has 0 radical (unpaired) electrons. The number of ether oxygens (including phenoxy) is 1. The highest BCUT2D eigenvalue weighted by atomic mass is 19.3. The topological polar surface area (TPSA) is 67.4 Å². The van der Waals surface area contributed by atoms with Crippen LogP contribution in [0.3, 0.4) is 0 Å². The fraction of sp³-hybridized carbons (Fsp3) is 0.556. The van der Waals surface area contributed by atoms with E-state index in [9.17, 15) is 22.8 Å². The molecule has 2 atom stereocenters. The van der Waals surface area contributed by atoms with Crippen molar-refractivity contribution in [3.8, 4) is 0 Å². The highest BCUT2D eigenvalue weighted by Gasteiger charge is 2.36. The van der Waals surface area contributed by atoms with Gasteiger partial charge in [-0.1, -0.05) is 6.07 Å². The molecule has 1 fully saturated rings. The van der Waals surface area contributed by atoms with E-state index in [1.165, 1.54) is 0 Å². The van der Waals surface area contributed by atoms with Crippen molar-refractivity contribution in [1.82, 2.24) is 10.6 Å². The van der Waals surface area contributed by atoms with E-state index in [4.69, 9.17) is 4.74 Å². The van der Waals surface area contributed by atoms with Crippen LogP contribution in [-0.2, 0) is 9.53 Å². The van der Waals surface area contributed by atoms with Gasteiger partial charge in [0.2, 0.25) is 5.91 Å². The first kappa shape index (κ1) is 20.2. The second kappa shape index (κ2) is 9.02. The van der Waals surface area contributed by atoms with Gasteiger partial charge in [0.1, 0.15) is 11.9 Å². The smallest absolute Gasteiger partial charge is 0.263 e. The maximum atomic E-state index is 13.8. The van der Waals surface area contributed by atoms with Gasteiger partial charge >= 0.3 is 0 Å². The summed E-state index contributed by atoms with van der Waals surface area (Å²) < 4.78 is 44.3. The zero-order chi connectivity index (χ0) is 19.3. The second-order valence-electron chi connectivity index (χ2n) is 6.37. The van der Waals surface area contributed by atoms with Crippen molar-refractivity contribution in [3.63, 3.8) is 0 Å². The molecule has 0 spiro atoms. The Bertz CT molecular complexity index is 651. The van der Waals surface area contributed by atoms with Gasteiger partial charge in [-0.05, 0) is 44.7 Å². The van der Waals surface area contributed by atoms with Gasteiger partial charge in [-0.15, -0.1) is 0 Å². The van der Waals surface area contributed by atoms with E-state index in [0.717, 1.165) is 25.0 Å². The Morgan fingerprint density at radius 1 is 1.31 bits per heavy atom. The number of halogens is 3. The summed E-state index contributed by atoms with van der Waals surface area (Å²) in [6.07, 6.45) is -1.38. The molecule has 1 unspecified atom stereocenters. The number of amides is 2. The Hall–Kier alpha value is -2.09. The van der Waals surface area contributed by atoms with Crippen LogP contribution in [0.1, 0.15) is 49.0 Å². The molecule has 1 aliphatic carbocycles. The van der Waals surface area contributed by atoms with Crippen molar-refractivity contribution in [2.24, 2.45) is 5.92 Å². The molecular formula is C18H23F3N2O3. The summed E-state index contributed by atoms with van der Waals surface area (Å²) in [4.78, 5) is 24.2. The minimum atomic E-state index is -2.81. The quantitative estimate of drug-likeness (QED) is 0.701. The minimum Gasteiger partial charge on any atom is -0.368 e. The van der Waals surface area contributed by atoms with Gasteiger partial charge < -0.3 is 15.4 Å². The van der Waals surface area contributed by atoms with E-state index in [2.05, 4.69) is 10.6 Å². The summed E-state index contributed by atoms with van der Waals surface area (Å²) in [5.41, 5.74) is -0.806. The summed E-state index contributed by atoms with van der Waals surface area (Å²) >= 11 is 0. The second-order valence-corrected chi connectivity index (χ2v) is 6.37. The molecular weight excluding hydrogens is 349 g/mol. The molecule has 1 aromatic rings. The molecule has 5 nitrogen and oxygen atoms in total. The van der Waals surface area contributed by atoms with Crippen LogP contribution in [-0.4, -0.2) is 37.1 Å². The zero-order valence-electron chi connectivity index (χ0n) is 14.7. The zero-order valence-corrected chi connectivity index (χ0v) is 14.7. The first-order valence-corrected chi connectivity index (χ1v) is 8.61. The third-order valence-corrected chi connectivity index (χ3v) is 4.10. The molecule has 2 amide bonds. The van der Waals surface area contributed by atoms with Gasteiger partial charge in [0.05, 0.1) is 5.56 Å². The lowest BCUT2D eigenvalue weighted by Gasteiger charge is -2.19. The highest BCUT2D eigenvalue weighted by Crippen LogP contribution is 2.34. The summed E-state index contributed by atoms with van der Waals surface area (Å²) in [7, 11) is 0. The van der Waals surface area contributed by atoms with Gasteiger partial charge in [-0.2, -0.15) is 0 Å². The van der Waals surface area contributed by atoms with Crippen LogP contribution in [0, 0.1) is 11.7 Å². The summed E-state index contributed by atoms with van der Waals surface area (Å²) in [5.74, 6) is -1.74. The van der Waals surface area contributed by atoms with Crippen LogP contribution in [0.25, 0.3) is 0 Å². The standard InChI is InChI=1S/C18H23F3N2O3/c1-3-26-15(11-4-5-11)18(25)22-9-10(2)23-17(24)13-7-6-12(16(20)21)8-14(13)19/h6-8,10-11,15-16H,3-5,9H2,1-2H3,(H,22,25)(H,23,24)/t10-,15?/m1/s1. The first-order chi connectivity index (χ1) is 12.3. The fourth-order valence-electron chi connectivity index (χ4n) is 2.56. The summed E-state index contributed by atoms with van der Waals surface area (Å²) in [6, 6.07) is 2.21. The van der Waals surface area contributed by atoms with Crippen molar-refractivity contribution < 1.29 is 27.5 Å². The van der Waals surface area contributed by atoms with E-state index >= 15 is 0 Å². The van der Waals surface area contributed by atoms with Gasteiger partial charge in [0, 0.05) is 24.8 Å². The normalized spacial score (nSPS) is 16.2. The van der Waals surface area contributed by atoms with Crippen LogP contribution in [0.5, 0.6) is 0 Å². The Morgan fingerprint density at radius 2 is 2.00 bits per heavy atom. The number of carbonyl (C=O) groups is 2. The molecule has 0 aliphatic heterocycles. The predicted octanol–water partition coefficient (Wildman–Crippen LogP) is 2.81. The summed E-state index contributed by atoms with van der Waals surface area (Å²) in [6.45, 7) is 4.06. The number of nitrogens with one attached hydrogen (secondary N) is 2. The number of carbonyl (C=O) groups excluding carboxylic acids is 2. The lowest BCUT2D eigenvalue weighted by atomic mass is 10.1. The van der Waals surface area contributed by atoms with Crippen LogP contribution < -0.4 is 10.6 Å². The third kappa shape index (κ3) is 5.45. The van der Waals surface area contributed by atoms with Crippen LogP contribution in [0.15, 0.2) is 18.2 Å². The van der Waals surface area contributed by atoms with Crippen molar-refractivity contribution >= 4 is 11.8 Å². The van der Waals surface area contributed by atoms with Gasteiger partial charge in [0.25, 0.3) is 12.3 Å². The molecule has 26 heavy (non-hydrogen) atoms. The number of rotatable bonds is 9. The molecule has 0 saturated heterocycles. The summed E-state index contributed by atoms with van der Waals surface area (Å²) in [5, 5.41) is 5.25. The Morgan fingerprint density at radius 3 is 2.54 bits per heavy atom. The van der Waals surface area contributed by atoms with E-state index in [1.54, 1.807) is 6.92 Å². The first-order valence-electron chi connectivity index (χ1n) is 8.61. The van der Waals surface area contributed by atoms with E-state index in [-0.39, 0.29) is 23.9 Å². The van der Waals surface area contributed by atoms with Crippen molar-refractivity contribution in [2.45, 2.75) is 45.3 Å². The van der Waals surface area contributed by atoms with E-state index in [1.807, 2.05) is 6.92 Å². The van der Waals surface area contributed by atoms with Crippen molar-refractivity contribution in [3.05, 3.63) is 35.1 Å². The molecule has 0 bridgehead atoms. The average molecular weight is 372 g/mol. The highest BCUT2D eigenvalue weighted by molar-refractivity contribution is 5.94. The molecule has 0 aromatic heterocycles. The maximum Gasteiger partial charge on any atom is 0.263 e. The average Bonchev–Trinajstić information content (AvgIpc) is 3.42. The van der Waals surface area contributed by atoms with Crippen LogP contribution in [0.4, 0.5) is 13.2 Å². The SMILES string of the molecule is CCOC(C(=O)NC[C@@H](C)NC(=O)c1ccc(C(F)F)cc1F)C1CC1. The van der Waals surface area contributed by atoms with Crippen LogP contribution >= 0.6 is 0 Å². The number of hydrogen-bond acceptors (Lipinski definition) is 3. The molecule has 1 aromatic carbocycles. The van der Waals surface area contributed by atoms with Crippen LogP contribution in [0.2, 0.25) is 0 Å². The molecule has 144 valence electrons. The fourth-order valence-corrected chi connectivity index (χ4v) is 2.56. The molecule has 2 N–H and O–H groups in total. The number of benzene rings is 1. The molecule has 8 heteroatoms. The lowest BCUT2D eigenvalue weighted by molar-refractivity contribution is -0.133. The number of hydrogen-bond donors (Lipinski definition) is 2. The Labute approximate surface area is 150 Å². The monoisotopic (exact) mass is 372 g/mol. The van der Waals surface area contributed by atoms with Crippen molar-refractivity contribution in [2.75, 3.05) is 13.2 Å². The van der Waals surface area contributed by atoms with Gasteiger partial charge in [-0.3, -0.25) is 9.59 Å². The van der Waals surface area contributed by atoms with Crippen molar-refractivity contribution in [1.29, 1.82) is 0 Å². The molecule has 0 heterocycles. The minimum absolute atomic E-state index is 0.150. The Balaban J connectivity index is 1.86. The lowest BCUT2D eigenvalue weighted by Crippen LogP contribution is -2.46. The molecule has 1 aliphatic rings. The predicted molar refractivity (Wildman–Crippen MR) is 89.4 cm³/mol. The Kier molecular flexibility index (Phi) is 7.02. The van der Waals surface area contributed by atoms with Gasteiger partial charge in [-0.25, -0.2) is 13.2 Å². The molecule has 2 rings (SSSR count). The van der Waals surface area contributed by atoms with Gasteiger partial charge in [0.15, 0.2) is 0 Å². The third-order valence-electron chi connectivity index (χ3n) is 4.10. The maximum absolute atomic E-state index is 13.8. The van der Waals surface area contributed by atoms with E-state index in [0.29, 0.717) is 12.7 Å².